The number of nitrogens with zero attached hydrogens (tertiary/aromatic N) is 2. The molecule has 7 heteroatoms. The largest absolute Gasteiger partial charge is 0.496 e. The summed E-state index contributed by atoms with van der Waals surface area (Å²) in [5, 5.41) is 8.32. The molecule has 0 atom stereocenters. The van der Waals surface area contributed by atoms with Crippen LogP contribution in [0, 0.1) is 0 Å². The third-order valence-electron chi connectivity index (χ3n) is 5.06. The highest BCUT2D eigenvalue weighted by molar-refractivity contribution is 6.04. The van der Waals surface area contributed by atoms with Gasteiger partial charge in [0.15, 0.2) is 0 Å². The number of benzene rings is 2. The Hall–Kier alpha value is -3.87. The van der Waals surface area contributed by atoms with Crippen LogP contribution in [0.25, 0.3) is 22.2 Å². The van der Waals surface area contributed by atoms with Crippen LogP contribution in [0.4, 0.5) is 5.69 Å². The first-order valence-corrected chi connectivity index (χ1v) is 9.65. The third-order valence-corrected chi connectivity index (χ3v) is 5.06. The lowest BCUT2D eigenvalue weighted by Gasteiger charge is -2.08. The number of aromatic nitrogens is 3. The number of hydrogen-bond acceptors (Lipinski definition) is 4. The summed E-state index contributed by atoms with van der Waals surface area (Å²) in [5.74, 6) is 0.396. The second-order valence-electron chi connectivity index (χ2n) is 6.97. The standard InChI is InChI=1S/C23H22N4O3/c1-4-14-11-22(28)25-18-12-15(9-10-16(14)18)24-23(29)20-13-19(26-27(20)2)17-7-5-6-8-21(17)30-3/h5-13H,4H2,1-3H3,(H,24,29)(H,25,28). The van der Waals surface area contributed by atoms with Gasteiger partial charge in [0.1, 0.15) is 11.4 Å². The number of fused-ring (bicyclic) bond motifs is 1. The van der Waals surface area contributed by atoms with Crippen molar-refractivity contribution in [1.29, 1.82) is 0 Å². The minimum atomic E-state index is -0.292. The molecule has 0 spiro atoms. The number of carbonyl (C=O) groups is 1. The normalized spacial score (nSPS) is 10.9. The topological polar surface area (TPSA) is 89.0 Å². The number of amides is 1. The van der Waals surface area contributed by atoms with E-state index in [4.69, 9.17) is 4.74 Å². The van der Waals surface area contributed by atoms with Crippen molar-refractivity contribution in [3.05, 3.63) is 76.2 Å². The molecule has 2 aromatic carbocycles. The minimum absolute atomic E-state index is 0.157. The third kappa shape index (κ3) is 3.57. The van der Waals surface area contributed by atoms with Gasteiger partial charge in [-0.2, -0.15) is 5.10 Å². The fraction of sp³-hybridized carbons (Fsp3) is 0.174. The Morgan fingerprint density at radius 3 is 2.73 bits per heavy atom. The molecular weight excluding hydrogens is 380 g/mol. The summed E-state index contributed by atoms with van der Waals surface area (Å²) in [7, 11) is 3.32. The Morgan fingerprint density at radius 1 is 1.17 bits per heavy atom. The summed E-state index contributed by atoms with van der Waals surface area (Å²) in [6.07, 6.45) is 0.757. The molecule has 0 saturated carbocycles. The molecule has 2 N–H and O–H groups in total. The molecule has 2 aromatic heterocycles. The van der Waals surface area contributed by atoms with Crippen LogP contribution in [-0.2, 0) is 13.5 Å². The SMILES string of the molecule is CCc1cc(=O)[nH]c2cc(NC(=O)c3cc(-c4ccccc4OC)nn3C)ccc12. The van der Waals surface area contributed by atoms with Crippen LogP contribution in [-0.4, -0.2) is 27.8 Å². The average Bonchev–Trinajstić information content (AvgIpc) is 3.14. The number of H-pyrrole nitrogens is 1. The molecule has 1 amide bonds. The van der Waals surface area contributed by atoms with E-state index in [0.717, 1.165) is 22.9 Å². The van der Waals surface area contributed by atoms with Crippen molar-refractivity contribution in [2.24, 2.45) is 7.05 Å². The maximum atomic E-state index is 12.9. The monoisotopic (exact) mass is 402 g/mol. The minimum Gasteiger partial charge on any atom is -0.496 e. The lowest BCUT2D eigenvalue weighted by Crippen LogP contribution is -2.16. The van der Waals surface area contributed by atoms with Crippen molar-refractivity contribution in [3.63, 3.8) is 0 Å². The van der Waals surface area contributed by atoms with Crippen LogP contribution in [0.3, 0.4) is 0 Å². The summed E-state index contributed by atoms with van der Waals surface area (Å²) in [6, 6.07) is 16.4. The van der Waals surface area contributed by atoms with E-state index in [2.05, 4.69) is 15.4 Å². The molecule has 0 aliphatic carbocycles. The number of hydrogen-bond donors (Lipinski definition) is 2. The van der Waals surface area contributed by atoms with Crippen molar-refractivity contribution < 1.29 is 9.53 Å². The van der Waals surface area contributed by atoms with Crippen LogP contribution < -0.4 is 15.6 Å². The van der Waals surface area contributed by atoms with Crippen molar-refractivity contribution in [3.8, 4) is 17.0 Å². The quantitative estimate of drug-likeness (QED) is 0.532. The Bertz CT molecular complexity index is 1300. The molecule has 152 valence electrons. The van der Waals surface area contributed by atoms with Crippen LogP contribution >= 0.6 is 0 Å². The Balaban J connectivity index is 1.65. The van der Waals surface area contributed by atoms with Gasteiger partial charge in [0.2, 0.25) is 5.56 Å². The molecule has 0 radical (unpaired) electrons. The maximum absolute atomic E-state index is 12.9. The average molecular weight is 402 g/mol. The summed E-state index contributed by atoms with van der Waals surface area (Å²) in [6.45, 7) is 2.01. The molecule has 4 aromatic rings. The number of methoxy groups -OCH3 is 1. The van der Waals surface area contributed by atoms with Gasteiger partial charge < -0.3 is 15.0 Å². The lowest BCUT2D eigenvalue weighted by molar-refractivity contribution is 0.101. The van der Waals surface area contributed by atoms with Gasteiger partial charge >= 0.3 is 0 Å². The maximum Gasteiger partial charge on any atom is 0.273 e. The summed E-state index contributed by atoms with van der Waals surface area (Å²) in [5.41, 5.74) is 3.97. The van der Waals surface area contributed by atoms with E-state index in [1.165, 1.54) is 4.68 Å². The molecule has 2 heterocycles. The Labute approximate surface area is 173 Å². The van der Waals surface area contributed by atoms with Gasteiger partial charge in [0, 0.05) is 29.8 Å². The fourth-order valence-electron chi connectivity index (χ4n) is 3.57. The number of nitrogens with one attached hydrogen (secondary N) is 2. The smallest absolute Gasteiger partial charge is 0.273 e. The van der Waals surface area contributed by atoms with Gasteiger partial charge in [0.25, 0.3) is 5.91 Å². The fourth-order valence-corrected chi connectivity index (χ4v) is 3.57. The number of pyridine rings is 1. The molecule has 0 unspecified atom stereocenters. The zero-order chi connectivity index (χ0) is 21.3. The first-order chi connectivity index (χ1) is 14.5. The van der Waals surface area contributed by atoms with Gasteiger partial charge in [-0.15, -0.1) is 0 Å². The number of anilines is 1. The van der Waals surface area contributed by atoms with Crippen LogP contribution in [0.1, 0.15) is 23.0 Å². The van der Waals surface area contributed by atoms with Gasteiger partial charge in [-0.3, -0.25) is 14.3 Å². The van der Waals surface area contributed by atoms with Crippen LogP contribution in [0.5, 0.6) is 5.75 Å². The van der Waals surface area contributed by atoms with Crippen molar-refractivity contribution >= 4 is 22.5 Å². The number of rotatable bonds is 5. The van der Waals surface area contributed by atoms with Crippen molar-refractivity contribution in [2.45, 2.75) is 13.3 Å². The zero-order valence-electron chi connectivity index (χ0n) is 17.0. The molecular formula is C23H22N4O3. The van der Waals surface area contributed by atoms with Gasteiger partial charge in [-0.1, -0.05) is 25.1 Å². The number of carbonyl (C=O) groups excluding carboxylic acids is 1. The predicted octanol–water partition coefficient (Wildman–Crippen LogP) is 3.75. The van der Waals surface area contributed by atoms with E-state index >= 15 is 0 Å². The van der Waals surface area contributed by atoms with E-state index in [0.29, 0.717) is 28.3 Å². The number of aryl methyl sites for hydroxylation is 2. The van der Waals surface area contributed by atoms with E-state index in [1.54, 1.807) is 32.4 Å². The first-order valence-electron chi connectivity index (χ1n) is 9.65. The molecule has 7 nitrogen and oxygen atoms in total. The summed E-state index contributed by atoms with van der Waals surface area (Å²) < 4.78 is 6.93. The number of ether oxygens (including phenoxy) is 1. The number of aromatic amines is 1. The molecule has 4 rings (SSSR count). The molecule has 0 fully saturated rings. The van der Waals surface area contributed by atoms with E-state index in [1.807, 2.05) is 43.3 Å². The van der Waals surface area contributed by atoms with Gasteiger partial charge in [-0.05, 0) is 42.3 Å². The van der Waals surface area contributed by atoms with Crippen molar-refractivity contribution in [1.82, 2.24) is 14.8 Å². The van der Waals surface area contributed by atoms with E-state index in [9.17, 15) is 9.59 Å². The summed E-state index contributed by atoms with van der Waals surface area (Å²) >= 11 is 0. The molecule has 30 heavy (non-hydrogen) atoms. The molecule has 0 aliphatic rings. The predicted molar refractivity (Wildman–Crippen MR) is 117 cm³/mol. The second kappa shape index (κ2) is 7.87. The lowest BCUT2D eigenvalue weighted by atomic mass is 10.1. The number of para-hydroxylation sites is 1. The Kier molecular flexibility index (Phi) is 5.10. The van der Waals surface area contributed by atoms with E-state index < -0.39 is 0 Å². The van der Waals surface area contributed by atoms with Gasteiger partial charge in [0.05, 0.1) is 18.3 Å². The highest BCUT2D eigenvalue weighted by Crippen LogP contribution is 2.29. The summed E-state index contributed by atoms with van der Waals surface area (Å²) in [4.78, 5) is 27.6. The molecule has 0 aliphatic heterocycles. The highest BCUT2D eigenvalue weighted by Gasteiger charge is 2.17. The zero-order valence-corrected chi connectivity index (χ0v) is 17.0. The van der Waals surface area contributed by atoms with E-state index in [-0.39, 0.29) is 11.5 Å². The van der Waals surface area contributed by atoms with Crippen LogP contribution in [0.15, 0.2) is 59.4 Å². The second-order valence-corrected chi connectivity index (χ2v) is 6.97. The van der Waals surface area contributed by atoms with Crippen LogP contribution in [0.2, 0.25) is 0 Å². The molecule has 0 bridgehead atoms. The Morgan fingerprint density at radius 2 is 1.97 bits per heavy atom. The van der Waals surface area contributed by atoms with Crippen molar-refractivity contribution in [2.75, 3.05) is 12.4 Å². The van der Waals surface area contributed by atoms with Gasteiger partial charge in [-0.25, -0.2) is 0 Å². The molecule has 0 saturated heterocycles. The first kappa shape index (κ1) is 19.4. The highest BCUT2D eigenvalue weighted by atomic mass is 16.5.